The number of ether oxygens (including phenoxy) is 1. The molecule has 0 radical (unpaired) electrons. The number of hydrogen-bond donors (Lipinski definition) is 0. The highest BCUT2D eigenvalue weighted by molar-refractivity contribution is 5.70. The molecule has 0 aliphatic heterocycles. The van der Waals surface area contributed by atoms with Crippen molar-refractivity contribution in [1.82, 2.24) is 0 Å². The number of carbonyl (C=O) groups is 1. The molecule has 0 N–H and O–H groups in total. The lowest BCUT2D eigenvalue weighted by atomic mass is 10.3. The molecule has 82 valence electrons. The first-order chi connectivity index (χ1) is 7.69. The summed E-state index contributed by atoms with van der Waals surface area (Å²) in [5.41, 5.74) is 0. The first kappa shape index (κ1) is 10.4. The van der Waals surface area contributed by atoms with Crippen LogP contribution in [0.3, 0.4) is 0 Å². The SMILES string of the molecule is O=Cc1ccc(Oc2ccc(F)cc2F)o1. The van der Waals surface area contributed by atoms with Crippen LogP contribution in [0, 0.1) is 11.6 Å². The molecule has 0 atom stereocenters. The third kappa shape index (κ3) is 2.08. The molecule has 1 heterocycles. The average Bonchev–Trinajstić information content (AvgIpc) is 2.70. The van der Waals surface area contributed by atoms with Crippen LogP contribution < -0.4 is 4.74 Å². The van der Waals surface area contributed by atoms with Gasteiger partial charge in [-0.25, -0.2) is 8.78 Å². The number of furan rings is 1. The predicted molar refractivity (Wildman–Crippen MR) is 50.5 cm³/mol. The first-order valence-corrected chi connectivity index (χ1v) is 4.37. The number of aldehydes is 1. The summed E-state index contributed by atoms with van der Waals surface area (Å²) in [6.07, 6.45) is 0.494. The van der Waals surface area contributed by atoms with Crippen LogP contribution in [0.15, 0.2) is 34.7 Å². The molecule has 16 heavy (non-hydrogen) atoms. The van der Waals surface area contributed by atoms with Gasteiger partial charge in [-0.2, -0.15) is 0 Å². The van der Waals surface area contributed by atoms with Crippen molar-refractivity contribution < 1.29 is 22.7 Å². The van der Waals surface area contributed by atoms with Gasteiger partial charge in [0.05, 0.1) is 0 Å². The fourth-order valence-corrected chi connectivity index (χ4v) is 1.12. The van der Waals surface area contributed by atoms with E-state index in [1.54, 1.807) is 0 Å². The fraction of sp³-hybridized carbons (Fsp3) is 0. The summed E-state index contributed by atoms with van der Waals surface area (Å²) in [5, 5.41) is 0. The Morgan fingerprint density at radius 1 is 1.19 bits per heavy atom. The Morgan fingerprint density at radius 3 is 2.62 bits per heavy atom. The number of rotatable bonds is 3. The van der Waals surface area contributed by atoms with E-state index in [0.29, 0.717) is 12.4 Å². The molecule has 0 aliphatic rings. The lowest BCUT2D eigenvalue weighted by Gasteiger charge is -2.02. The van der Waals surface area contributed by atoms with Crippen LogP contribution >= 0.6 is 0 Å². The molecule has 2 rings (SSSR count). The maximum atomic E-state index is 13.1. The largest absolute Gasteiger partial charge is 0.423 e. The van der Waals surface area contributed by atoms with E-state index in [-0.39, 0.29) is 17.5 Å². The molecule has 1 aromatic carbocycles. The summed E-state index contributed by atoms with van der Waals surface area (Å²) >= 11 is 0. The van der Waals surface area contributed by atoms with Gasteiger partial charge in [0.1, 0.15) is 5.82 Å². The Kier molecular flexibility index (Phi) is 2.68. The maximum absolute atomic E-state index is 13.1. The summed E-state index contributed by atoms with van der Waals surface area (Å²) in [6.45, 7) is 0. The Hall–Kier alpha value is -2.17. The van der Waals surface area contributed by atoms with Crippen molar-refractivity contribution in [2.24, 2.45) is 0 Å². The van der Waals surface area contributed by atoms with Crippen molar-refractivity contribution in [3.05, 3.63) is 47.7 Å². The second-order valence-corrected chi connectivity index (χ2v) is 2.95. The van der Waals surface area contributed by atoms with Crippen molar-refractivity contribution in [3.63, 3.8) is 0 Å². The van der Waals surface area contributed by atoms with Gasteiger partial charge in [0.15, 0.2) is 23.6 Å². The smallest absolute Gasteiger partial charge is 0.290 e. The zero-order valence-electron chi connectivity index (χ0n) is 7.94. The van der Waals surface area contributed by atoms with Crippen LogP contribution in [0.1, 0.15) is 10.6 Å². The molecule has 0 unspecified atom stereocenters. The molecule has 0 saturated carbocycles. The summed E-state index contributed by atoms with van der Waals surface area (Å²) in [4.78, 5) is 10.3. The second-order valence-electron chi connectivity index (χ2n) is 2.95. The van der Waals surface area contributed by atoms with Crippen molar-refractivity contribution in [3.8, 4) is 11.7 Å². The third-order valence-electron chi connectivity index (χ3n) is 1.82. The zero-order chi connectivity index (χ0) is 11.5. The molecule has 0 aliphatic carbocycles. The molecular weight excluding hydrogens is 218 g/mol. The molecule has 0 bridgehead atoms. The fourth-order valence-electron chi connectivity index (χ4n) is 1.12. The van der Waals surface area contributed by atoms with Gasteiger partial charge in [-0.3, -0.25) is 4.79 Å². The van der Waals surface area contributed by atoms with Crippen LogP contribution in [-0.4, -0.2) is 6.29 Å². The Bertz CT molecular complexity index is 520. The second kappa shape index (κ2) is 4.14. The van der Waals surface area contributed by atoms with E-state index in [1.165, 1.54) is 12.1 Å². The van der Waals surface area contributed by atoms with E-state index in [1.807, 2.05) is 0 Å². The van der Waals surface area contributed by atoms with Crippen LogP contribution in [0.5, 0.6) is 11.7 Å². The van der Waals surface area contributed by atoms with Gasteiger partial charge in [0, 0.05) is 12.1 Å². The van der Waals surface area contributed by atoms with Gasteiger partial charge in [0.2, 0.25) is 0 Å². The Labute approximate surface area is 89.3 Å². The molecule has 0 saturated heterocycles. The van der Waals surface area contributed by atoms with Gasteiger partial charge in [0.25, 0.3) is 5.95 Å². The molecule has 5 heteroatoms. The molecule has 1 aromatic heterocycles. The number of carbonyl (C=O) groups excluding carboxylic acids is 1. The van der Waals surface area contributed by atoms with E-state index in [9.17, 15) is 13.6 Å². The molecule has 2 aromatic rings. The summed E-state index contributed by atoms with van der Waals surface area (Å²) in [5.74, 6) is -1.68. The minimum atomic E-state index is -0.843. The highest BCUT2D eigenvalue weighted by Crippen LogP contribution is 2.26. The summed E-state index contributed by atoms with van der Waals surface area (Å²) < 4.78 is 35.6. The van der Waals surface area contributed by atoms with Crippen molar-refractivity contribution in [2.75, 3.05) is 0 Å². The van der Waals surface area contributed by atoms with E-state index in [0.717, 1.165) is 12.1 Å². The lowest BCUT2D eigenvalue weighted by molar-refractivity contribution is 0.109. The van der Waals surface area contributed by atoms with Gasteiger partial charge < -0.3 is 9.15 Å². The minimum absolute atomic E-state index is 0.0346. The molecular formula is C11H6F2O3. The van der Waals surface area contributed by atoms with E-state index in [2.05, 4.69) is 0 Å². The van der Waals surface area contributed by atoms with Gasteiger partial charge in [-0.05, 0) is 18.2 Å². The maximum Gasteiger partial charge on any atom is 0.290 e. The lowest BCUT2D eigenvalue weighted by Crippen LogP contribution is -1.87. The highest BCUT2D eigenvalue weighted by atomic mass is 19.1. The average molecular weight is 224 g/mol. The van der Waals surface area contributed by atoms with E-state index >= 15 is 0 Å². The topological polar surface area (TPSA) is 39.4 Å². The van der Waals surface area contributed by atoms with Crippen LogP contribution in [0.4, 0.5) is 8.78 Å². The van der Waals surface area contributed by atoms with Gasteiger partial charge in [-0.15, -0.1) is 0 Å². The number of halogens is 2. The predicted octanol–water partition coefficient (Wildman–Crippen LogP) is 3.16. The summed E-state index contributed by atoms with van der Waals surface area (Å²) in [7, 11) is 0. The Balaban J connectivity index is 2.23. The van der Waals surface area contributed by atoms with E-state index < -0.39 is 11.6 Å². The van der Waals surface area contributed by atoms with Crippen LogP contribution in [0.2, 0.25) is 0 Å². The standard InChI is InChI=1S/C11H6F2O3/c12-7-1-3-10(9(13)5-7)16-11-4-2-8(6-14)15-11/h1-6H. The van der Waals surface area contributed by atoms with Crippen molar-refractivity contribution in [1.29, 1.82) is 0 Å². The monoisotopic (exact) mass is 224 g/mol. The van der Waals surface area contributed by atoms with E-state index in [4.69, 9.17) is 9.15 Å². The molecule has 3 nitrogen and oxygen atoms in total. The number of hydrogen-bond acceptors (Lipinski definition) is 3. The van der Waals surface area contributed by atoms with Crippen molar-refractivity contribution >= 4 is 6.29 Å². The molecule has 0 spiro atoms. The van der Waals surface area contributed by atoms with Gasteiger partial charge in [-0.1, -0.05) is 0 Å². The molecule has 0 amide bonds. The molecule has 0 fully saturated rings. The first-order valence-electron chi connectivity index (χ1n) is 4.37. The minimum Gasteiger partial charge on any atom is -0.423 e. The third-order valence-corrected chi connectivity index (χ3v) is 1.82. The Morgan fingerprint density at radius 2 is 2.00 bits per heavy atom. The van der Waals surface area contributed by atoms with Gasteiger partial charge >= 0.3 is 0 Å². The van der Waals surface area contributed by atoms with Crippen molar-refractivity contribution in [2.45, 2.75) is 0 Å². The normalized spacial score (nSPS) is 10.1. The number of benzene rings is 1. The van der Waals surface area contributed by atoms with Crippen LogP contribution in [-0.2, 0) is 0 Å². The van der Waals surface area contributed by atoms with Crippen LogP contribution in [0.25, 0.3) is 0 Å². The zero-order valence-corrected chi connectivity index (χ0v) is 7.94. The summed E-state index contributed by atoms with van der Waals surface area (Å²) in [6, 6.07) is 5.63. The quantitative estimate of drug-likeness (QED) is 0.751. The highest BCUT2D eigenvalue weighted by Gasteiger charge is 2.08.